The summed E-state index contributed by atoms with van der Waals surface area (Å²) in [6, 6.07) is -1.60. The average Bonchev–Trinajstić information content (AvgIpc) is 2.92. The zero-order valence-corrected chi connectivity index (χ0v) is 14.4. The summed E-state index contributed by atoms with van der Waals surface area (Å²) < 4.78 is 5.28. The Morgan fingerprint density at radius 2 is 1.92 bits per heavy atom. The van der Waals surface area contributed by atoms with Gasteiger partial charge >= 0.3 is 12.1 Å². The summed E-state index contributed by atoms with van der Waals surface area (Å²) in [5, 5.41) is 13.2. The van der Waals surface area contributed by atoms with Gasteiger partial charge in [-0.15, -0.1) is 0 Å². The zero-order valence-electron chi connectivity index (χ0n) is 14.4. The number of hydrogen-bond acceptors (Lipinski definition) is 5. The zero-order chi connectivity index (χ0) is 18.5. The number of nitrogens with zero attached hydrogens (tertiary/aromatic N) is 1. The highest BCUT2D eigenvalue weighted by Gasteiger charge is 2.37. The lowest BCUT2D eigenvalue weighted by atomic mass is 10.2. The molecule has 0 bridgehead atoms. The van der Waals surface area contributed by atoms with Crippen molar-refractivity contribution < 1.29 is 29.0 Å². The molecule has 3 N–H and O–H groups in total. The van der Waals surface area contributed by atoms with Gasteiger partial charge in [0, 0.05) is 6.54 Å². The first-order chi connectivity index (χ1) is 11.0. The highest BCUT2D eigenvalue weighted by Crippen LogP contribution is 2.21. The van der Waals surface area contributed by atoms with Crippen LogP contribution in [0.4, 0.5) is 4.79 Å². The van der Waals surface area contributed by atoms with Crippen LogP contribution in [0.3, 0.4) is 0 Å². The second kappa shape index (κ2) is 7.98. The van der Waals surface area contributed by atoms with Gasteiger partial charge in [0.1, 0.15) is 24.2 Å². The van der Waals surface area contributed by atoms with Crippen molar-refractivity contribution in [3.05, 3.63) is 0 Å². The van der Waals surface area contributed by atoms with E-state index in [2.05, 4.69) is 10.6 Å². The quantitative estimate of drug-likeness (QED) is 0.650. The summed E-state index contributed by atoms with van der Waals surface area (Å²) in [6.45, 7) is 6.56. The highest BCUT2D eigenvalue weighted by atomic mass is 16.6. The number of aliphatic carboxylic acids is 1. The van der Waals surface area contributed by atoms with Gasteiger partial charge in [0.2, 0.25) is 11.8 Å². The molecule has 9 heteroatoms. The van der Waals surface area contributed by atoms with Gasteiger partial charge < -0.3 is 20.5 Å². The SMILES string of the molecule is CC(NC(=O)C1CCCN1C(=O)OC(C)(C)C)C(=O)NCC(=O)O. The Morgan fingerprint density at radius 1 is 1.29 bits per heavy atom. The molecule has 0 saturated carbocycles. The van der Waals surface area contributed by atoms with E-state index < -0.39 is 48.1 Å². The number of hydrogen-bond donors (Lipinski definition) is 3. The van der Waals surface area contributed by atoms with E-state index in [1.54, 1.807) is 20.8 Å². The highest BCUT2D eigenvalue weighted by molar-refractivity contribution is 5.92. The van der Waals surface area contributed by atoms with Gasteiger partial charge in [-0.1, -0.05) is 0 Å². The van der Waals surface area contributed by atoms with E-state index in [0.29, 0.717) is 19.4 Å². The van der Waals surface area contributed by atoms with Gasteiger partial charge in [-0.25, -0.2) is 4.79 Å². The summed E-state index contributed by atoms with van der Waals surface area (Å²) >= 11 is 0. The monoisotopic (exact) mass is 343 g/mol. The van der Waals surface area contributed by atoms with Crippen LogP contribution in [0.1, 0.15) is 40.5 Å². The van der Waals surface area contributed by atoms with Crippen LogP contribution in [0.5, 0.6) is 0 Å². The number of carbonyl (C=O) groups is 4. The fourth-order valence-electron chi connectivity index (χ4n) is 2.27. The molecule has 2 unspecified atom stereocenters. The molecule has 136 valence electrons. The molecular formula is C15H25N3O6. The average molecular weight is 343 g/mol. The van der Waals surface area contributed by atoms with Crippen LogP contribution in [0.25, 0.3) is 0 Å². The van der Waals surface area contributed by atoms with Crippen LogP contribution in [-0.2, 0) is 19.1 Å². The maximum Gasteiger partial charge on any atom is 0.410 e. The van der Waals surface area contributed by atoms with Crippen molar-refractivity contribution in [3.8, 4) is 0 Å². The van der Waals surface area contributed by atoms with Crippen LogP contribution in [0.15, 0.2) is 0 Å². The number of amides is 3. The minimum absolute atomic E-state index is 0.409. The van der Waals surface area contributed by atoms with Crippen molar-refractivity contribution in [1.82, 2.24) is 15.5 Å². The predicted molar refractivity (Wildman–Crippen MR) is 84.2 cm³/mol. The molecule has 1 heterocycles. The number of rotatable bonds is 5. The molecule has 0 aromatic heterocycles. The Hall–Kier alpha value is -2.32. The predicted octanol–water partition coefficient (Wildman–Crippen LogP) is 0.0914. The molecule has 1 rings (SSSR count). The Labute approximate surface area is 140 Å². The molecule has 2 atom stereocenters. The summed E-state index contributed by atoms with van der Waals surface area (Å²) in [7, 11) is 0. The van der Waals surface area contributed by atoms with Gasteiger partial charge in [0.25, 0.3) is 0 Å². The van der Waals surface area contributed by atoms with Gasteiger partial charge in [-0.2, -0.15) is 0 Å². The number of nitrogens with one attached hydrogen (secondary N) is 2. The van der Waals surface area contributed by atoms with Crippen molar-refractivity contribution in [2.45, 2.75) is 58.2 Å². The number of likely N-dealkylation sites (tertiary alicyclic amines) is 1. The molecule has 1 fully saturated rings. The molecule has 3 amide bonds. The van der Waals surface area contributed by atoms with E-state index in [4.69, 9.17) is 9.84 Å². The lowest BCUT2D eigenvalue weighted by Gasteiger charge is -2.28. The smallest absolute Gasteiger partial charge is 0.410 e. The molecule has 0 spiro atoms. The van der Waals surface area contributed by atoms with Crippen LogP contribution in [0, 0.1) is 0 Å². The molecule has 24 heavy (non-hydrogen) atoms. The van der Waals surface area contributed by atoms with Crippen LogP contribution in [0.2, 0.25) is 0 Å². The summed E-state index contributed by atoms with van der Waals surface area (Å²) in [4.78, 5) is 48.0. The largest absolute Gasteiger partial charge is 0.480 e. The standard InChI is InChI=1S/C15H25N3O6/c1-9(12(21)16-8-11(19)20)17-13(22)10-6-5-7-18(10)14(23)24-15(2,3)4/h9-10H,5-8H2,1-4H3,(H,16,21)(H,17,22)(H,19,20). The molecule has 9 nitrogen and oxygen atoms in total. The lowest BCUT2D eigenvalue weighted by Crippen LogP contribution is -2.53. The van der Waals surface area contributed by atoms with E-state index in [0.717, 1.165) is 0 Å². The molecule has 0 aliphatic carbocycles. The van der Waals surface area contributed by atoms with E-state index in [1.165, 1.54) is 11.8 Å². The second-order valence-corrected chi connectivity index (χ2v) is 6.67. The molecule has 0 radical (unpaired) electrons. The van der Waals surface area contributed by atoms with Crippen LogP contribution >= 0.6 is 0 Å². The molecule has 1 saturated heterocycles. The third-order valence-corrected chi connectivity index (χ3v) is 3.35. The Balaban J connectivity index is 2.60. The lowest BCUT2D eigenvalue weighted by molar-refractivity contribution is -0.138. The third-order valence-electron chi connectivity index (χ3n) is 3.35. The molecule has 0 aromatic carbocycles. The summed E-state index contributed by atoms with van der Waals surface area (Å²) in [5.41, 5.74) is -0.662. The topological polar surface area (TPSA) is 125 Å². The van der Waals surface area contributed by atoms with Crippen molar-refractivity contribution >= 4 is 23.9 Å². The van der Waals surface area contributed by atoms with Gasteiger partial charge in [0.05, 0.1) is 0 Å². The van der Waals surface area contributed by atoms with Gasteiger partial charge in [-0.3, -0.25) is 19.3 Å². The van der Waals surface area contributed by atoms with Crippen molar-refractivity contribution in [2.75, 3.05) is 13.1 Å². The fraction of sp³-hybridized carbons (Fsp3) is 0.733. The van der Waals surface area contributed by atoms with Crippen molar-refractivity contribution in [2.24, 2.45) is 0 Å². The molecule has 0 aromatic rings. The minimum atomic E-state index is -1.17. The summed E-state index contributed by atoms with van der Waals surface area (Å²) in [5.74, 6) is -2.24. The van der Waals surface area contributed by atoms with Crippen molar-refractivity contribution in [1.29, 1.82) is 0 Å². The fourth-order valence-corrected chi connectivity index (χ4v) is 2.27. The van der Waals surface area contributed by atoms with E-state index in [-0.39, 0.29) is 0 Å². The normalized spacial score (nSPS) is 18.7. The maximum atomic E-state index is 12.3. The Bertz CT molecular complexity index is 514. The third kappa shape index (κ3) is 6.05. The van der Waals surface area contributed by atoms with Gasteiger partial charge in [-0.05, 0) is 40.5 Å². The first-order valence-corrected chi connectivity index (χ1v) is 7.81. The number of carbonyl (C=O) groups excluding carboxylic acids is 3. The first-order valence-electron chi connectivity index (χ1n) is 7.81. The molecular weight excluding hydrogens is 318 g/mol. The van der Waals surface area contributed by atoms with E-state index in [9.17, 15) is 19.2 Å². The van der Waals surface area contributed by atoms with E-state index >= 15 is 0 Å². The van der Waals surface area contributed by atoms with Crippen LogP contribution < -0.4 is 10.6 Å². The minimum Gasteiger partial charge on any atom is -0.480 e. The Kier molecular flexibility index (Phi) is 6.56. The summed E-state index contributed by atoms with van der Waals surface area (Å²) in [6.07, 6.45) is 0.578. The Morgan fingerprint density at radius 3 is 2.46 bits per heavy atom. The van der Waals surface area contributed by atoms with Crippen molar-refractivity contribution in [3.63, 3.8) is 0 Å². The molecule has 1 aliphatic heterocycles. The van der Waals surface area contributed by atoms with E-state index in [1.807, 2.05) is 0 Å². The number of ether oxygens (including phenoxy) is 1. The van der Waals surface area contributed by atoms with Crippen LogP contribution in [-0.4, -0.2) is 64.7 Å². The first kappa shape index (κ1) is 19.7. The number of carboxylic acid groups (broad SMARTS) is 1. The molecule has 1 aliphatic rings. The maximum absolute atomic E-state index is 12.3. The second-order valence-electron chi connectivity index (χ2n) is 6.67. The van der Waals surface area contributed by atoms with Gasteiger partial charge in [0.15, 0.2) is 0 Å². The number of carboxylic acids is 1.